The molecule has 0 aromatic heterocycles. The zero-order chi connectivity index (χ0) is 19.9. The molecule has 1 saturated carbocycles. The van der Waals surface area contributed by atoms with E-state index in [2.05, 4.69) is 10.2 Å². The minimum Gasteiger partial charge on any atom is -0.497 e. The van der Waals surface area contributed by atoms with Crippen LogP contribution >= 0.6 is 0 Å². The lowest BCUT2D eigenvalue weighted by Gasteiger charge is -2.37. The quantitative estimate of drug-likeness (QED) is 0.815. The van der Waals surface area contributed by atoms with Gasteiger partial charge in [0.2, 0.25) is 5.91 Å². The zero-order valence-corrected chi connectivity index (χ0v) is 17.2. The number of hydrogen-bond donors (Lipinski definition) is 1. The van der Waals surface area contributed by atoms with Gasteiger partial charge in [-0.25, -0.2) is 0 Å². The molecule has 0 spiro atoms. The Morgan fingerprint density at radius 1 is 1.14 bits per heavy atom. The molecule has 1 N–H and O–H groups in total. The van der Waals surface area contributed by atoms with Crippen molar-refractivity contribution in [2.45, 2.75) is 45.1 Å². The molecule has 6 nitrogen and oxygen atoms in total. The molecular formula is C22H33N3O3. The molecule has 2 fully saturated rings. The standard InChI is InChI=1S/C22H33N3O3/c1-17(21(26)23-16-18-7-4-3-5-8-18)24-11-13-25(14-12-24)22(27)19-9-6-10-20(15-19)28-2/h6,9-10,15,17-18H,3-5,7-8,11-14,16H2,1-2H3,(H,23,26). The van der Waals surface area contributed by atoms with Gasteiger partial charge in [0.15, 0.2) is 0 Å². The molecule has 0 radical (unpaired) electrons. The maximum atomic E-state index is 12.7. The van der Waals surface area contributed by atoms with Crippen molar-refractivity contribution in [2.75, 3.05) is 39.8 Å². The van der Waals surface area contributed by atoms with Crippen LogP contribution in [0, 0.1) is 5.92 Å². The van der Waals surface area contributed by atoms with Crippen LogP contribution in [0.2, 0.25) is 0 Å². The Balaban J connectivity index is 1.45. The fourth-order valence-corrected chi connectivity index (χ4v) is 4.20. The first kappa shape index (κ1) is 20.6. The van der Waals surface area contributed by atoms with Crippen LogP contribution in [-0.2, 0) is 4.79 Å². The van der Waals surface area contributed by atoms with E-state index in [1.165, 1.54) is 32.1 Å². The number of benzene rings is 1. The van der Waals surface area contributed by atoms with Crippen LogP contribution in [-0.4, -0.2) is 67.5 Å². The Morgan fingerprint density at radius 2 is 1.86 bits per heavy atom. The number of nitrogens with one attached hydrogen (secondary N) is 1. The summed E-state index contributed by atoms with van der Waals surface area (Å²) in [5, 5.41) is 3.15. The smallest absolute Gasteiger partial charge is 0.254 e. The molecule has 1 aromatic rings. The second kappa shape index (κ2) is 9.92. The van der Waals surface area contributed by atoms with Crippen LogP contribution < -0.4 is 10.1 Å². The van der Waals surface area contributed by atoms with Gasteiger partial charge in [-0.2, -0.15) is 0 Å². The summed E-state index contributed by atoms with van der Waals surface area (Å²) in [5.41, 5.74) is 0.645. The molecule has 1 saturated heterocycles. The normalized spacial score (nSPS) is 19.9. The lowest BCUT2D eigenvalue weighted by molar-refractivity contribution is -0.126. The highest BCUT2D eigenvalue weighted by Gasteiger charge is 2.28. The van der Waals surface area contributed by atoms with Crippen LogP contribution in [0.1, 0.15) is 49.4 Å². The summed E-state index contributed by atoms with van der Waals surface area (Å²) in [7, 11) is 1.60. The molecule has 1 atom stereocenters. The van der Waals surface area contributed by atoms with E-state index in [9.17, 15) is 9.59 Å². The number of carbonyl (C=O) groups excluding carboxylic acids is 2. The average Bonchev–Trinajstić information content (AvgIpc) is 2.77. The van der Waals surface area contributed by atoms with Gasteiger partial charge < -0.3 is 15.0 Å². The third-order valence-electron chi connectivity index (χ3n) is 6.14. The number of hydrogen-bond acceptors (Lipinski definition) is 4. The number of rotatable bonds is 6. The van der Waals surface area contributed by atoms with Crippen LogP contribution in [0.4, 0.5) is 0 Å². The van der Waals surface area contributed by atoms with E-state index in [0.29, 0.717) is 43.4 Å². The minimum atomic E-state index is -0.155. The van der Waals surface area contributed by atoms with E-state index in [-0.39, 0.29) is 17.9 Å². The Hall–Kier alpha value is -2.08. The summed E-state index contributed by atoms with van der Waals surface area (Å²) < 4.78 is 5.21. The molecule has 1 heterocycles. The van der Waals surface area contributed by atoms with Crippen LogP contribution in [0.5, 0.6) is 5.75 Å². The first-order valence-electron chi connectivity index (χ1n) is 10.5. The van der Waals surface area contributed by atoms with Gasteiger partial charge in [-0.1, -0.05) is 25.3 Å². The summed E-state index contributed by atoms with van der Waals surface area (Å²) in [6, 6.07) is 7.11. The van der Waals surface area contributed by atoms with Gasteiger partial charge in [0, 0.05) is 38.3 Å². The van der Waals surface area contributed by atoms with E-state index in [1.54, 1.807) is 13.2 Å². The molecule has 0 bridgehead atoms. The van der Waals surface area contributed by atoms with Crippen molar-refractivity contribution in [1.29, 1.82) is 0 Å². The predicted molar refractivity (Wildman–Crippen MR) is 110 cm³/mol. The van der Waals surface area contributed by atoms with Gasteiger partial charge in [-0.3, -0.25) is 14.5 Å². The molecule has 1 aliphatic heterocycles. The molecule has 1 aromatic carbocycles. The first-order valence-corrected chi connectivity index (χ1v) is 10.5. The number of amides is 2. The van der Waals surface area contributed by atoms with E-state index in [0.717, 1.165) is 6.54 Å². The summed E-state index contributed by atoms with van der Waals surface area (Å²) >= 11 is 0. The van der Waals surface area contributed by atoms with Gasteiger partial charge >= 0.3 is 0 Å². The Labute approximate surface area is 168 Å². The summed E-state index contributed by atoms with van der Waals surface area (Å²) in [4.78, 5) is 29.3. The molecule has 6 heteroatoms. The van der Waals surface area contributed by atoms with Crippen molar-refractivity contribution in [3.8, 4) is 5.75 Å². The first-order chi connectivity index (χ1) is 13.6. The molecule has 154 valence electrons. The second-order valence-corrected chi connectivity index (χ2v) is 7.99. The molecule has 1 unspecified atom stereocenters. The zero-order valence-electron chi connectivity index (χ0n) is 17.2. The van der Waals surface area contributed by atoms with Crippen molar-refractivity contribution in [2.24, 2.45) is 5.92 Å². The SMILES string of the molecule is COc1cccc(C(=O)N2CCN(C(C)C(=O)NCC3CCCCC3)CC2)c1. The van der Waals surface area contributed by atoms with Gasteiger partial charge in [-0.15, -0.1) is 0 Å². The molecule has 28 heavy (non-hydrogen) atoms. The molecule has 1 aliphatic carbocycles. The predicted octanol–water partition coefficient (Wildman–Crippen LogP) is 2.54. The van der Waals surface area contributed by atoms with Gasteiger partial charge in [0.05, 0.1) is 13.2 Å². The van der Waals surface area contributed by atoms with Gasteiger partial charge in [0.1, 0.15) is 5.75 Å². The van der Waals surface area contributed by atoms with Gasteiger partial charge in [0.25, 0.3) is 5.91 Å². The fourth-order valence-electron chi connectivity index (χ4n) is 4.20. The topological polar surface area (TPSA) is 61.9 Å². The molecule has 3 rings (SSSR count). The largest absolute Gasteiger partial charge is 0.497 e. The third kappa shape index (κ3) is 5.25. The van der Waals surface area contributed by atoms with Crippen molar-refractivity contribution in [3.05, 3.63) is 29.8 Å². The number of carbonyl (C=O) groups is 2. The Kier molecular flexibility index (Phi) is 7.31. The fraction of sp³-hybridized carbons (Fsp3) is 0.636. The number of methoxy groups -OCH3 is 1. The van der Waals surface area contributed by atoms with E-state index >= 15 is 0 Å². The highest BCUT2D eigenvalue weighted by Crippen LogP contribution is 2.23. The van der Waals surface area contributed by atoms with E-state index in [4.69, 9.17) is 4.74 Å². The lowest BCUT2D eigenvalue weighted by atomic mass is 9.89. The summed E-state index contributed by atoms with van der Waals surface area (Å²) in [6.45, 7) is 5.47. The number of nitrogens with zero attached hydrogens (tertiary/aromatic N) is 2. The van der Waals surface area contributed by atoms with E-state index < -0.39 is 0 Å². The lowest BCUT2D eigenvalue weighted by Crippen LogP contribution is -2.55. The Bertz CT molecular complexity index is 665. The summed E-state index contributed by atoms with van der Waals surface area (Å²) in [6.07, 6.45) is 6.39. The number of piperazine rings is 1. The molecule has 2 amide bonds. The van der Waals surface area contributed by atoms with E-state index in [1.807, 2.05) is 30.0 Å². The van der Waals surface area contributed by atoms with Crippen molar-refractivity contribution < 1.29 is 14.3 Å². The highest BCUT2D eigenvalue weighted by molar-refractivity contribution is 5.94. The maximum absolute atomic E-state index is 12.7. The minimum absolute atomic E-state index is 0.0213. The van der Waals surface area contributed by atoms with Crippen LogP contribution in [0.3, 0.4) is 0 Å². The third-order valence-corrected chi connectivity index (χ3v) is 6.14. The van der Waals surface area contributed by atoms with Crippen molar-refractivity contribution >= 4 is 11.8 Å². The van der Waals surface area contributed by atoms with Gasteiger partial charge in [-0.05, 0) is 43.9 Å². The maximum Gasteiger partial charge on any atom is 0.254 e. The molecule has 2 aliphatic rings. The average molecular weight is 388 g/mol. The highest BCUT2D eigenvalue weighted by atomic mass is 16.5. The molecular weight excluding hydrogens is 354 g/mol. The number of ether oxygens (including phenoxy) is 1. The van der Waals surface area contributed by atoms with Crippen LogP contribution in [0.15, 0.2) is 24.3 Å². The second-order valence-electron chi connectivity index (χ2n) is 7.99. The van der Waals surface area contributed by atoms with Crippen molar-refractivity contribution in [3.63, 3.8) is 0 Å². The monoisotopic (exact) mass is 387 g/mol. The van der Waals surface area contributed by atoms with Crippen LogP contribution in [0.25, 0.3) is 0 Å². The summed E-state index contributed by atoms with van der Waals surface area (Å²) in [5.74, 6) is 1.46. The Morgan fingerprint density at radius 3 is 2.54 bits per heavy atom. The van der Waals surface area contributed by atoms with Crippen molar-refractivity contribution in [1.82, 2.24) is 15.1 Å².